The molecule has 0 unspecified atom stereocenters. The zero-order chi connectivity index (χ0) is 11.3. The van der Waals surface area contributed by atoms with Crippen molar-refractivity contribution in [3.8, 4) is 18.1 Å². The fraction of sp³-hybridized carbons (Fsp3) is 0.333. The summed E-state index contributed by atoms with van der Waals surface area (Å²) in [4.78, 5) is 1.98. The third-order valence-electron chi connectivity index (χ3n) is 1.97. The van der Waals surface area contributed by atoms with Gasteiger partial charge in [-0.15, -0.1) is 12.3 Å². The van der Waals surface area contributed by atoms with E-state index in [2.05, 4.69) is 5.92 Å². The molecule has 3 nitrogen and oxygen atoms in total. The first-order chi connectivity index (χ1) is 7.15. The molecule has 0 aromatic heterocycles. The zero-order valence-electron chi connectivity index (χ0n) is 9.16. The van der Waals surface area contributed by atoms with Gasteiger partial charge < -0.3 is 15.4 Å². The van der Waals surface area contributed by atoms with Gasteiger partial charge in [0.15, 0.2) is 0 Å². The van der Waals surface area contributed by atoms with Crippen LogP contribution in [0.1, 0.15) is 6.42 Å². The molecule has 0 heterocycles. The number of benzene rings is 1. The van der Waals surface area contributed by atoms with Gasteiger partial charge in [-0.2, -0.15) is 0 Å². The third kappa shape index (κ3) is 3.10. The van der Waals surface area contributed by atoms with E-state index >= 15 is 0 Å². The lowest BCUT2D eigenvalue weighted by molar-refractivity contribution is 0.328. The average molecular weight is 204 g/mol. The molecule has 0 saturated heterocycles. The zero-order valence-corrected chi connectivity index (χ0v) is 9.16. The monoisotopic (exact) mass is 204 g/mol. The number of hydrogen-bond acceptors (Lipinski definition) is 3. The molecule has 0 spiro atoms. The molecule has 1 aromatic carbocycles. The average Bonchev–Trinajstić information content (AvgIpc) is 2.18. The number of nitrogens with two attached hydrogens (primary N) is 1. The highest BCUT2D eigenvalue weighted by molar-refractivity contribution is 5.63. The minimum atomic E-state index is 0.515. The summed E-state index contributed by atoms with van der Waals surface area (Å²) in [6.07, 6.45) is 5.75. The Morgan fingerprint density at radius 2 is 2.20 bits per heavy atom. The van der Waals surface area contributed by atoms with E-state index in [0.717, 1.165) is 11.4 Å². The number of nitrogen functional groups attached to an aromatic ring is 1. The lowest BCUT2D eigenvalue weighted by Crippen LogP contribution is -2.11. The summed E-state index contributed by atoms with van der Waals surface area (Å²) in [5.74, 6) is 3.30. The molecular weight excluding hydrogens is 188 g/mol. The summed E-state index contributed by atoms with van der Waals surface area (Å²) in [6, 6.07) is 5.59. The lowest BCUT2D eigenvalue weighted by Gasteiger charge is -2.17. The maximum atomic E-state index is 5.69. The van der Waals surface area contributed by atoms with Crippen LogP contribution >= 0.6 is 0 Å². The molecule has 0 atom stereocenters. The standard InChI is InChI=1S/C12H16N2O/c1-4-5-8-15-12-9-10(13)6-7-11(12)14(2)3/h1,6-7,9H,5,8,13H2,2-3H3. The van der Waals surface area contributed by atoms with Crippen molar-refractivity contribution in [2.75, 3.05) is 31.3 Å². The minimum Gasteiger partial charge on any atom is -0.490 e. The SMILES string of the molecule is C#CCCOc1cc(N)ccc1N(C)C. The van der Waals surface area contributed by atoms with Crippen LogP contribution in [0.15, 0.2) is 18.2 Å². The molecule has 0 fully saturated rings. The summed E-state index contributed by atoms with van der Waals surface area (Å²) in [6.45, 7) is 0.515. The molecule has 0 aliphatic rings. The molecule has 0 amide bonds. The van der Waals surface area contributed by atoms with Crippen molar-refractivity contribution in [2.24, 2.45) is 0 Å². The first-order valence-electron chi connectivity index (χ1n) is 4.78. The highest BCUT2D eigenvalue weighted by Gasteiger charge is 2.05. The number of nitrogens with zero attached hydrogens (tertiary/aromatic N) is 1. The van der Waals surface area contributed by atoms with Crippen molar-refractivity contribution in [1.29, 1.82) is 0 Å². The van der Waals surface area contributed by atoms with Crippen LogP contribution in [0.3, 0.4) is 0 Å². The highest BCUT2D eigenvalue weighted by atomic mass is 16.5. The Morgan fingerprint density at radius 3 is 2.80 bits per heavy atom. The molecule has 2 N–H and O–H groups in total. The van der Waals surface area contributed by atoms with Gasteiger partial charge in [0.1, 0.15) is 5.75 Å². The third-order valence-corrected chi connectivity index (χ3v) is 1.97. The van der Waals surface area contributed by atoms with E-state index in [9.17, 15) is 0 Å². The van der Waals surface area contributed by atoms with E-state index in [0.29, 0.717) is 18.7 Å². The number of ether oxygens (including phenoxy) is 1. The quantitative estimate of drug-likeness (QED) is 0.461. The second-order valence-corrected chi connectivity index (χ2v) is 3.42. The van der Waals surface area contributed by atoms with Crippen molar-refractivity contribution < 1.29 is 4.74 Å². The van der Waals surface area contributed by atoms with Crippen molar-refractivity contribution >= 4 is 11.4 Å². The van der Waals surface area contributed by atoms with Gasteiger partial charge in [0.05, 0.1) is 12.3 Å². The predicted molar refractivity (Wildman–Crippen MR) is 64.1 cm³/mol. The number of anilines is 2. The summed E-state index contributed by atoms with van der Waals surface area (Å²) in [7, 11) is 3.92. The van der Waals surface area contributed by atoms with Gasteiger partial charge in [0.25, 0.3) is 0 Å². The van der Waals surface area contributed by atoms with Gasteiger partial charge in [-0.1, -0.05) is 0 Å². The normalized spacial score (nSPS) is 9.40. The number of hydrogen-bond donors (Lipinski definition) is 1. The van der Waals surface area contributed by atoms with Crippen LogP contribution in [0.2, 0.25) is 0 Å². The van der Waals surface area contributed by atoms with Crippen molar-refractivity contribution in [3.63, 3.8) is 0 Å². The van der Waals surface area contributed by atoms with E-state index in [1.54, 1.807) is 0 Å². The largest absolute Gasteiger partial charge is 0.490 e. The van der Waals surface area contributed by atoms with E-state index < -0.39 is 0 Å². The van der Waals surface area contributed by atoms with Crippen LogP contribution in [0.4, 0.5) is 11.4 Å². The lowest BCUT2D eigenvalue weighted by atomic mass is 10.2. The maximum absolute atomic E-state index is 5.69. The molecule has 0 bridgehead atoms. The Morgan fingerprint density at radius 1 is 1.47 bits per heavy atom. The Balaban J connectivity index is 2.83. The van der Waals surface area contributed by atoms with Gasteiger partial charge in [-0.3, -0.25) is 0 Å². The topological polar surface area (TPSA) is 38.5 Å². The van der Waals surface area contributed by atoms with Crippen molar-refractivity contribution in [1.82, 2.24) is 0 Å². The van der Waals surface area contributed by atoms with Crippen LogP contribution in [-0.4, -0.2) is 20.7 Å². The molecule has 0 radical (unpaired) electrons. The summed E-state index contributed by atoms with van der Waals surface area (Å²) >= 11 is 0. The molecule has 0 saturated carbocycles. The molecule has 1 rings (SSSR count). The fourth-order valence-corrected chi connectivity index (χ4v) is 1.24. The van der Waals surface area contributed by atoms with Crippen molar-refractivity contribution in [2.45, 2.75) is 6.42 Å². The summed E-state index contributed by atoms with van der Waals surface area (Å²) < 4.78 is 5.56. The molecule has 3 heteroatoms. The molecular formula is C12H16N2O. The molecule has 80 valence electrons. The minimum absolute atomic E-state index is 0.515. The summed E-state index contributed by atoms with van der Waals surface area (Å²) in [5, 5.41) is 0. The van der Waals surface area contributed by atoms with E-state index in [1.165, 1.54) is 0 Å². The van der Waals surface area contributed by atoms with Crippen molar-refractivity contribution in [3.05, 3.63) is 18.2 Å². The highest BCUT2D eigenvalue weighted by Crippen LogP contribution is 2.29. The van der Waals surface area contributed by atoms with Crippen LogP contribution in [0, 0.1) is 12.3 Å². The predicted octanol–water partition coefficient (Wildman–Crippen LogP) is 1.74. The Labute approximate surface area is 90.8 Å². The maximum Gasteiger partial charge on any atom is 0.144 e. The van der Waals surface area contributed by atoms with E-state index in [4.69, 9.17) is 16.9 Å². The first-order valence-corrected chi connectivity index (χ1v) is 4.78. The van der Waals surface area contributed by atoms with Crippen LogP contribution in [0.5, 0.6) is 5.75 Å². The molecule has 1 aromatic rings. The second kappa shape index (κ2) is 5.16. The Bertz CT molecular complexity index is 366. The summed E-state index contributed by atoms with van der Waals surface area (Å²) in [5.41, 5.74) is 7.39. The molecule has 0 aliphatic heterocycles. The van der Waals surface area contributed by atoms with Gasteiger partial charge in [-0.25, -0.2) is 0 Å². The number of rotatable bonds is 4. The Kier molecular flexibility index (Phi) is 3.87. The first kappa shape index (κ1) is 11.3. The van der Waals surface area contributed by atoms with Crippen LogP contribution in [0.25, 0.3) is 0 Å². The van der Waals surface area contributed by atoms with Gasteiger partial charge >= 0.3 is 0 Å². The van der Waals surface area contributed by atoms with Gasteiger partial charge in [0, 0.05) is 32.3 Å². The van der Waals surface area contributed by atoms with Crippen LogP contribution in [-0.2, 0) is 0 Å². The van der Waals surface area contributed by atoms with E-state index in [1.807, 2.05) is 37.2 Å². The fourth-order valence-electron chi connectivity index (χ4n) is 1.24. The van der Waals surface area contributed by atoms with E-state index in [-0.39, 0.29) is 0 Å². The van der Waals surface area contributed by atoms with Crippen LogP contribution < -0.4 is 15.4 Å². The second-order valence-electron chi connectivity index (χ2n) is 3.42. The molecule has 15 heavy (non-hydrogen) atoms. The Hall–Kier alpha value is -1.82. The molecule has 0 aliphatic carbocycles. The van der Waals surface area contributed by atoms with Gasteiger partial charge in [0.2, 0.25) is 0 Å². The number of terminal acetylenes is 1. The smallest absolute Gasteiger partial charge is 0.144 e. The van der Waals surface area contributed by atoms with Gasteiger partial charge in [-0.05, 0) is 12.1 Å².